The molecule has 0 saturated carbocycles. The lowest BCUT2D eigenvalue weighted by atomic mass is 10.2. The van der Waals surface area contributed by atoms with Crippen molar-refractivity contribution < 1.29 is 24.0 Å². The third kappa shape index (κ3) is 5.12. The number of benzene rings is 1. The van der Waals surface area contributed by atoms with Crippen molar-refractivity contribution in [1.82, 2.24) is 0 Å². The lowest BCUT2D eigenvalue weighted by molar-refractivity contribution is -0.639. The normalized spacial score (nSPS) is 9.30. The van der Waals surface area contributed by atoms with Gasteiger partial charge in [0.1, 0.15) is 5.75 Å². The van der Waals surface area contributed by atoms with Crippen LogP contribution in [0.1, 0.15) is 0 Å². The maximum absolute atomic E-state index is 10.5. The Morgan fingerprint density at radius 2 is 1.61 bits per heavy atom. The van der Waals surface area contributed by atoms with Crippen LogP contribution in [-0.4, -0.2) is 24.1 Å². The third-order valence-electron chi connectivity index (χ3n) is 2.63. The smallest absolute Gasteiger partial charge is 0.317 e. The summed E-state index contributed by atoms with van der Waals surface area (Å²) < 4.78 is 11.0. The first-order valence-corrected chi connectivity index (χ1v) is 6.16. The topological polar surface area (TPSA) is 135 Å². The second kappa shape index (κ2) is 8.12. The van der Waals surface area contributed by atoms with Gasteiger partial charge in [-0.15, -0.1) is 0 Å². The van der Waals surface area contributed by atoms with Gasteiger partial charge in [-0.1, -0.05) is 4.68 Å². The van der Waals surface area contributed by atoms with Gasteiger partial charge in [-0.05, 0) is 6.07 Å². The Morgan fingerprint density at radius 3 is 2.04 bits per heavy atom. The van der Waals surface area contributed by atoms with Crippen molar-refractivity contribution in [3.63, 3.8) is 0 Å². The number of hydrogen-bond acceptors (Lipinski definition) is 7. The van der Waals surface area contributed by atoms with Crippen LogP contribution in [0.2, 0.25) is 0 Å². The average molecular weight is 323 g/mol. The highest BCUT2D eigenvalue weighted by Crippen LogP contribution is 2.30. The predicted octanol–water partition coefficient (Wildman–Crippen LogP) is 1.21. The van der Waals surface area contributed by atoms with E-state index in [-0.39, 0.29) is 11.4 Å². The van der Waals surface area contributed by atoms with Crippen LogP contribution in [0.3, 0.4) is 0 Å². The number of ether oxygens (including phenoxy) is 2. The molecule has 1 aromatic heterocycles. The molecule has 122 valence electrons. The number of hydrogen-bond donors (Lipinski definition) is 1. The van der Waals surface area contributed by atoms with E-state index in [0.717, 1.165) is 17.9 Å². The largest absolute Gasteiger partial charge is 0.496 e. The molecule has 0 radical (unpaired) electrons. The third-order valence-corrected chi connectivity index (χ3v) is 2.63. The molecule has 0 aliphatic rings. The minimum atomic E-state index is -0.730. The second-order valence-corrected chi connectivity index (χ2v) is 4.06. The zero-order valence-electron chi connectivity index (χ0n) is 12.4. The number of pyridine rings is 1. The molecule has 0 atom stereocenters. The molecule has 0 spiro atoms. The van der Waals surface area contributed by atoms with Crippen molar-refractivity contribution in [1.29, 1.82) is 0 Å². The lowest BCUT2D eigenvalue weighted by Crippen LogP contribution is -2.43. The van der Waals surface area contributed by atoms with Crippen LogP contribution < -0.4 is 20.0 Å². The van der Waals surface area contributed by atoms with Gasteiger partial charge in [0.25, 0.3) is 5.69 Å². The fourth-order valence-electron chi connectivity index (χ4n) is 1.50. The number of aromatic nitrogens is 1. The van der Waals surface area contributed by atoms with Crippen molar-refractivity contribution in [3.05, 3.63) is 63.0 Å². The zero-order valence-corrected chi connectivity index (χ0v) is 12.4. The number of nitro groups is 2. The molecule has 0 aliphatic heterocycles. The Kier molecular flexibility index (Phi) is 6.22. The monoisotopic (exact) mass is 323 g/mol. The first-order chi connectivity index (χ1) is 10.9. The van der Waals surface area contributed by atoms with Gasteiger partial charge in [0.15, 0.2) is 5.75 Å². The molecule has 1 heterocycles. The van der Waals surface area contributed by atoms with Crippen molar-refractivity contribution in [2.75, 3.05) is 20.1 Å². The minimum absolute atomic E-state index is 0.000556. The number of nitrogen functional groups attached to an aromatic ring is 1. The van der Waals surface area contributed by atoms with E-state index in [1.165, 1.54) is 17.9 Å². The highest BCUT2D eigenvalue weighted by molar-refractivity contribution is 5.53. The molecule has 0 fully saturated rings. The highest BCUT2D eigenvalue weighted by Gasteiger charge is 2.19. The van der Waals surface area contributed by atoms with Gasteiger partial charge in [-0.3, -0.25) is 20.2 Å². The van der Waals surface area contributed by atoms with E-state index in [1.54, 1.807) is 31.6 Å². The second-order valence-electron chi connectivity index (χ2n) is 4.06. The summed E-state index contributed by atoms with van der Waals surface area (Å²) in [5.41, 5.74) is -0.751. The van der Waals surface area contributed by atoms with Crippen LogP contribution in [0.5, 0.6) is 11.5 Å². The number of methoxy groups -OCH3 is 2. The number of rotatable bonds is 4. The van der Waals surface area contributed by atoms with Crippen LogP contribution in [0.4, 0.5) is 11.4 Å². The number of nitrogens with zero attached hydrogens (tertiary/aromatic N) is 3. The first kappa shape index (κ1) is 17.6. The summed E-state index contributed by atoms with van der Waals surface area (Å²) in [6.45, 7) is 0. The summed E-state index contributed by atoms with van der Waals surface area (Å²) in [7, 11) is 2.88. The molecule has 0 saturated heterocycles. The van der Waals surface area contributed by atoms with Crippen molar-refractivity contribution >= 4 is 11.4 Å². The Hall–Kier alpha value is -3.43. The van der Waals surface area contributed by atoms with Crippen molar-refractivity contribution in [2.45, 2.75) is 0 Å². The van der Waals surface area contributed by atoms with E-state index in [0.29, 0.717) is 0 Å². The van der Waals surface area contributed by atoms with Gasteiger partial charge in [0.05, 0.1) is 30.1 Å². The van der Waals surface area contributed by atoms with Crippen LogP contribution in [0.15, 0.2) is 42.7 Å². The fourth-order valence-corrected chi connectivity index (χ4v) is 1.50. The van der Waals surface area contributed by atoms with E-state index in [2.05, 4.69) is 4.74 Å². The molecule has 10 nitrogen and oxygen atoms in total. The highest BCUT2D eigenvalue weighted by atomic mass is 16.6. The molecule has 2 aromatic rings. The molecule has 0 unspecified atom stereocenters. The van der Waals surface area contributed by atoms with Gasteiger partial charge in [0.2, 0.25) is 12.4 Å². The molecule has 23 heavy (non-hydrogen) atoms. The van der Waals surface area contributed by atoms with Crippen LogP contribution in [-0.2, 0) is 0 Å². The molecule has 2 rings (SSSR count). The Morgan fingerprint density at radius 1 is 1.00 bits per heavy atom. The maximum atomic E-state index is 10.5. The Labute approximate surface area is 130 Å². The lowest BCUT2D eigenvalue weighted by Gasteiger charge is -1.99. The summed E-state index contributed by atoms with van der Waals surface area (Å²) >= 11 is 0. The standard InChI is InChI=1S/C7H6N2O5.C6H9N2O/c1-14-7-3-2-5(8(10)11)4-6(7)9(12)13;1-9-6-2-4-8(7)5-3-6/h2-4H,1H3;2-5H,7H2,1H3/q;+1. The number of nitro benzene ring substituents is 2. The average Bonchev–Trinajstić information content (AvgIpc) is 2.55. The molecular formula is C13H15N4O6+. The fraction of sp³-hybridized carbons (Fsp3) is 0.154. The number of nitrogens with two attached hydrogens (primary N) is 1. The van der Waals surface area contributed by atoms with E-state index in [4.69, 9.17) is 10.6 Å². The van der Waals surface area contributed by atoms with E-state index in [9.17, 15) is 20.2 Å². The molecule has 1 aromatic carbocycles. The maximum Gasteiger partial charge on any atom is 0.317 e. The molecule has 0 bridgehead atoms. The summed E-state index contributed by atoms with van der Waals surface area (Å²) in [4.78, 5) is 19.3. The van der Waals surface area contributed by atoms with Crippen molar-refractivity contribution in [2.24, 2.45) is 0 Å². The van der Waals surface area contributed by atoms with Crippen LogP contribution >= 0.6 is 0 Å². The van der Waals surface area contributed by atoms with Crippen LogP contribution in [0, 0.1) is 20.2 Å². The molecule has 10 heteroatoms. The van der Waals surface area contributed by atoms with E-state index in [1.807, 2.05) is 0 Å². The van der Waals surface area contributed by atoms with Gasteiger partial charge < -0.3 is 9.47 Å². The predicted molar refractivity (Wildman–Crippen MR) is 79.6 cm³/mol. The summed E-state index contributed by atoms with van der Waals surface area (Å²) in [6.07, 6.45) is 3.44. The van der Waals surface area contributed by atoms with Gasteiger partial charge in [-0.2, -0.15) is 0 Å². The molecule has 0 amide bonds. The Bertz CT molecular complexity index is 689. The van der Waals surface area contributed by atoms with Gasteiger partial charge >= 0.3 is 5.69 Å². The summed E-state index contributed by atoms with van der Waals surface area (Å²) in [5, 5.41) is 20.8. The van der Waals surface area contributed by atoms with E-state index < -0.39 is 15.5 Å². The van der Waals surface area contributed by atoms with Crippen LogP contribution in [0.25, 0.3) is 0 Å². The first-order valence-electron chi connectivity index (χ1n) is 6.16. The zero-order chi connectivity index (χ0) is 17.4. The molecular weight excluding hydrogens is 308 g/mol. The Balaban J connectivity index is 0.000000253. The molecule has 0 aliphatic carbocycles. The van der Waals surface area contributed by atoms with Gasteiger partial charge in [0, 0.05) is 18.2 Å². The van der Waals surface area contributed by atoms with Gasteiger partial charge in [-0.25, -0.2) is 5.84 Å². The minimum Gasteiger partial charge on any atom is -0.496 e. The SMILES string of the molecule is COc1cc[n+](N)cc1.COc1ccc([N+](=O)[O-])cc1[N+](=O)[O-]. The summed E-state index contributed by atoms with van der Waals surface area (Å²) in [6, 6.07) is 6.78. The van der Waals surface area contributed by atoms with Crippen molar-refractivity contribution in [3.8, 4) is 11.5 Å². The summed E-state index contributed by atoms with van der Waals surface area (Å²) in [5.74, 6) is 6.16. The van der Waals surface area contributed by atoms with E-state index >= 15 is 0 Å². The quantitative estimate of drug-likeness (QED) is 0.386. The number of non-ortho nitro benzene ring substituents is 1. The molecule has 2 N–H and O–H groups in total.